The molecule has 0 spiro atoms. The molecule has 1 aliphatic rings. The second kappa shape index (κ2) is 6.32. The Hall–Kier alpha value is -1.13. The van der Waals surface area contributed by atoms with Crippen molar-refractivity contribution in [3.63, 3.8) is 0 Å². The van der Waals surface area contributed by atoms with E-state index in [-0.39, 0.29) is 0 Å². The Kier molecular flexibility index (Phi) is 4.45. The fourth-order valence-electron chi connectivity index (χ4n) is 2.79. The van der Waals surface area contributed by atoms with E-state index in [2.05, 4.69) is 28.6 Å². The molecular weight excluding hydrogens is 302 g/mol. The van der Waals surface area contributed by atoms with Crippen LogP contribution in [0.3, 0.4) is 0 Å². The normalized spacial score (nSPS) is 19.0. The largest absolute Gasteiger partial charge is 0.354 e. The average molecular weight is 322 g/mol. The van der Waals surface area contributed by atoms with Crippen LogP contribution >= 0.6 is 23.4 Å². The summed E-state index contributed by atoms with van der Waals surface area (Å²) in [5, 5.41) is 5.38. The van der Waals surface area contributed by atoms with Gasteiger partial charge in [-0.15, -0.1) is 11.6 Å². The van der Waals surface area contributed by atoms with Crippen molar-refractivity contribution in [3.05, 3.63) is 41.6 Å². The number of benzene rings is 1. The van der Waals surface area contributed by atoms with Crippen LogP contribution in [-0.2, 0) is 5.88 Å². The highest BCUT2D eigenvalue weighted by atomic mass is 35.5. The van der Waals surface area contributed by atoms with Crippen LogP contribution < -0.4 is 4.90 Å². The van der Waals surface area contributed by atoms with Crippen molar-refractivity contribution in [1.82, 2.24) is 9.78 Å². The molecule has 1 atom stereocenters. The Morgan fingerprint density at radius 3 is 2.76 bits per heavy atom. The van der Waals surface area contributed by atoms with Crippen LogP contribution in [0.25, 0.3) is 5.69 Å². The molecule has 1 aromatic carbocycles. The van der Waals surface area contributed by atoms with Gasteiger partial charge in [-0.05, 0) is 19.1 Å². The van der Waals surface area contributed by atoms with Crippen molar-refractivity contribution in [3.8, 4) is 5.69 Å². The first-order valence-corrected chi connectivity index (χ1v) is 8.85. The lowest BCUT2D eigenvalue weighted by Gasteiger charge is -2.33. The Morgan fingerprint density at radius 1 is 1.33 bits per heavy atom. The third-order valence-electron chi connectivity index (χ3n) is 3.83. The molecule has 1 aromatic heterocycles. The van der Waals surface area contributed by atoms with Crippen LogP contribution in [0.4, 0.5) is 5.82 Å². The predicted octanol–water partition coefficient (Wildman–Crippen LogP) is 3.86. The molecule has 0 saturated carbocycles. The van der Waals surface area contributed by atoms with Crippen LogP contribution in [0, 0.1) is 6.92 Å². The average Bonchev–Trinajstić information content (AvgIpc) is 2.85. The quantitative estimate of drug-likeness (QED) is 0.801. The number of aromatic nitrogens is 2. The van der Waals surface area contributed by atoms with Gasteiger partial charge in [-0.25, -0.2) is 4.68 Å². The molecule has 21 heavy (non-hydrogen) atoms. The fraction of sp³-hybridized carbons (Fsp3) is 0.438. The van der Waals surface area contributed by atoms with Gasteiger partial charge in [0.25, 0.3) is 0 Å². The molecule has 3 nitrogen and oxygen atoms in total. The van der Waals surface area contributed by atoms with Gasteiger partial charge in [0.15, 0.2) is 0 Å². The van der Waals surface area contributed by atoms with Gasteiger partial charge >= 0.3 is 0 Å². The summed E-state index contributed by atoms with van der Waals surface area (Å²) >= 11 is 8.24. The summed E-state index contributed by atoms with van der Waals surface area (Å²) in [5.74, 6) is 2.83. The number of para-hydroxylation sites is 1. The van der Waals surface area contributed by atoms with Gasteiger partial charge in [-0.1, -0.05) is 25.1 Å². The lowest BCUT2D eigenvalue weighted by molar-refractivity contribution is 0.735. The number of alkyl halides is 1. The smallest absolute Gasteiger partial charge is 0.137 e. The summed E-state index contributed by atoms with van der Waals surface area (Å²) in [6, 6.07) is 10.3. The summed E-state index contributed by atoms with van der Waals surface area (Å²) in [7, 11) is 0. The van der Waals surface area contributed by atoms with Crippen molar-refractivity contribution in [2.24, 2.45) is 0 Å². The number of hydrogen-bond donors (Lipinski definition) is 0. The van der Waals surface area contributed by atoms with Crippen LogP contribution in [0.2, 0.25) is 0 Å². The van der Waals surface area contributed by atoms with E-state index in [4.69, 9.17) is 16.7 Å². The number of aryl methyl sites for hydroxylation is 1. The van der Waals surface area contributed by atoms with Gasteiger partial charge < -0.3 is 4.90 Å². The lowest BCUT2D eigenvalue weighted by Crippen LogP contribution is -2.38. The molecule has 5 heteroatoms. The highest BCUT2D eigenvalue weighted by molar-refractivity contribution is 8.00. The maximum Gasteiger partial charge on any atom is 0.137 e. The fourth-order valence-corrected chi connectivity index (χ4v) is 4.12. The zero-order valence-electron chi connectivity index (χ0n) is 12.4. The van der Waals surface area contributed by atoms with Gasteiger partial charge in [0.05, 0.1) is 17.3 Å². The Balaban J connectivity index is 2.08. The van der Waals surface area contributed by atoms with E-state index in [1.165, 1.54) is 5.82 Å². The summed E-state index contributed by atoms with van der Waals surface area (Å²) in [5.41, 5.74) is 3.27. The summed E-state index contributed by atoms with van der Waals surface area (Å²) in [6.45, 7) is 6.43. The van der Waals surface area contributed by atoms with Crippen molar-refractivity contribution in [2.45, 2.75) is 25.0 Å². The SMILES string of the molecule is Cc1nn(-c2ccccc2)c(N2CCSC(C)C2)c1CCl. The number of anilines is 1. The zero-order valence-corrected chi connectivity index (χ0v) is 14.0. The van der Waals surface area contributed by atoms with E-state index in [9.17, 15) is 0 Å². The first kappa shape index (κ1) is 14.8. The van der Waals surface area contributed by atoms with Gasteiger partial charge in [0, 0.05) is 29.7 Å². The Morgan fingerprint density at radius 2 is 2.10 bits per heavy atom. The second-order valence-corrected chi connectivity index (χ2v) is 7.21. The highest BCUT2D eigenvalue weighted by Gasteiger charge is 2.25. The zero-order chi connectivity index (χ0) is 14.8. The molecule has 0 N–H and O–H groups in total. The van der Waals surface area contributed by atoms with Crippen molar-refractivity contribution >= 4 is 29.2 Å². The van der Waals surface area contributed by atoms with E-state index in [1.807, 2.05) is 36.9 Å². The number of hydrogen-bond acceptors (Lipinski definition) is 3. The molecule has 2 heterocycles. The molecule has 0 amide bonds. The monoisotopic (exact) mass is 321 g/mol. The Bertz CT molecular complexity index is 611. The lowest BCUT2D eigenvalue weighted by atomic mass is 10.2. The molecule has 3 rings (SSSR count). The molecular formula is C16H20ClN3S. The van der Waals surface area contributed by atoms with Crippen LogP contribution in [0.15, 0.2) is 30.3 Å². The first-order chi connectivity index (χ1) is 10.2. The van der Waals surface area contributed by atoms with E-state index in [1.54, 1.807) is 0 Å². The van der Waals surface area contributed by atoms with Crippen LogP contribution in [0.1, 0.15) is 18.2 Å². The minimum atomic E-state index is 0.506. The molecule has 2 aromatic rings. The number of thioether (sulfide) groups is 1. The number of halogens is 1. The summed E-state index contributed by atoms with van der Waals surface area (Å²) < 4.78 is 2.05. The number of rotatable bonds is 3. The molecule has 1 unspecified atom stereocenters. The molecule has 0 aliphatic carbocycles. The molecule has 0 bridgehead atoms. The van der Waals surface area contributed by atoms with Crippen molar-refractivity contribution < 1.29 is 0 Å². The molecule has 1 saturated heterocycles. The second-order valence-electron chi connectivity index (χ2n) is 5.40. The van der Waals surface area contributed by atoms with Crippen molar-refractivity contribution in [2.75, 3.05) is 23.7 Å². The number of nitrogens with zero attached hydrogens (tertiary/aromatic N) is 3. The van der Waals surface area contributed by atoms with E-state index < -0.39 is 0 Å². The topological polar surface area (TPSA) is 21.1 Å². The summed E-state index contributed by atoms with van der Waals surface area (Å²) in [6.07, 6.45) is 0. The molecule has 0 radical (unpaired) electrons. The minimum absolute atomic E-state index is 0.506. The van der Waals surface area contributed by atoms with Gasteiger partial charge in [0.2, 0.25) is 0 Å². The third-order valence-corrected chi connectivity index (χ3v) is 5.24. The molecule has 112 valence electrons. The standard InChI is InChI=1S/C16H20ClN3S/c1-12-11-19(8-9-21-12)16-15(10-17)13(2)18-20(16)14-6-4-3-5-7-14/h3-7,12H,8-11H2,1-2H3. The first-order valence-electron chi connectivity index (χ1n) is 7.27. The third kappa shape index (κ3) is 2.92. The maximum atomic E-state index is 6.21. The minimum Gasteiger partial charge on any atom is -0.354 e. The maximum absolute atomic E-state index is 6.21. The van der Waals surface area contributed by atoms with Crippen LogP contribution in [-0.4, -0.2) is 33.9 Å². The van der Waals surface area contributed by atoms with Crippen molar-refractivity contribution in [1.29, 1.82) is 0 Å². The predicted molar refractivity (Wildman–Crippen MR) is 92.0 cm³/mol. The van der Waals surface area contributed by atoms with E-state index in [0.29, 0.717) is 11.1 Å². The van der Waals surface area contributed by atoms with Gasteiger partial charge in [0.1, 0.15) is 5.82 Å². The van der Waals surface area contributed by atoms with Gasteiger partial charge in [-0.2, -0.15) is 16.9 Å². The molecule has 1 aliphatic heterocycles. The van der Waals surface area contributed by atoms with Crippen LogP contribution in [0.5, 0.6) is 0 Å². The highest BCUT2D eigenvalue weighted by Crippen LogP contribution is 2.31. The van der Waals surface area contributed by atoms with Gasteiger partial charge in [-0.3, -0.25) is 0 Å². The summed E-state index contributed by atoms with van der Waals surface area (Å²) in [4.78, 5) is 2.44. The van der Waals surface area contributed by atoms with E-state index in [0.717, 1.165) is 35.8 Å². The molecule has 1 fully saturated rings. The van der Waals surface area contributed by atoms with E-state index >= 15 is 0 Å². The Labute approximate surface area is 135 Å².